The van der Waals surface area contributed by atoms with Crippen LogP contribution in [0.25, 0.3) is 0 Å². The van der Waals surface area contributed by atoms with Gasteiger partial charge in [0.25, 0.3) is 11.8 Å². The minimum Gasteiger partial charge on any atom is -0.372 e. The number of carbonyl (C=O) groups excluding carboxylic acids is 2. The number of nitrogens with zero attached hydrogens (tertiary/aromatic N) is 1. The van der Waals surface area contributed by atoms with Crippen LogP contribution in [0, 0.1) is 0 Å². The van der Waals surface area contributed by atoms with Crippen molar-refractivity contribution in [3.63, 3.8) is 0 Å². The van der Waals surface area contributed by atoms with Crippen molar-refractivity contribution in [1.29, 1.82) is 0 Å². The number of rotatable bonds is 3. The van der Waals surface area contributed by atoms with Crippen molar-refractivity contribution in [3.8, 4) is 0 Å². The molecule has 2 amide bonds. The first-order valence-corrected chi connectivity index (χ1v) is 5.42. The average molecular weight is 218 g/mol. The van der Waals surface area contributed by atoms with E-state index in [9.17, 15) is 9.59 Å². The van der Waals surface area contributed by atoms with Crippen molar-refractivity contribution in [2.24, 2.45) is 0 Å². The van der Waals surface area contributed by atoms with Gasteiger partial charge in [0.15, 0.2) is 0 Å². The summed E-state index contributed by atoms with van der Waals surface area (Å²) in [7, 11) is 0. The third-order valence-electron chi connectivity index (χ3n) is 2.85. The molecule has 2 rings (SSSR count). The molecule has 1 aromatic carbocycles. The van der Waals surface area contributed by atoms with Gasteiger partial charge in [-0.25, -0.2) is 0 Å². The van der Waals surface area contributed by atoms with Crippen molar-refractivity contribution in [3.05, 3.63) is 29.3 Å². The number of benzene rings is 1. The summed E-state index contributed by atoms with van der Waals surface area (Å²) in [6.07, 6.45) is 0. The Hall–Kier alpha value is -1.84. The van der Waals surface area contributed by atoms with Gasteiger partial charge in [-0.2, -0.15) is 0 Å². The summed E-state index contributed by atoms with van der Waals surface area (Å²) in [4.78, 5) is 25.0. The number of hydrogen-bond acceptors (Lipinski definition) is 3. The summed E-state index contributed by atoms with van der Waals surface area (Å²) in [6.45, 7) is 5.87. The quantitative estimate of drug-likeness (QED) is 0.780. The molecule has 0 aliphatic carbocycles. The van der Waals surface area contributed by atoms with Crippen molar-refractivity contribution in [2.75, 3.05) is 18.0 Å². The van der Waals surface area contributed by atoms with Crippen LogP contribution in [0.2, 0.25) is 0 Å². The number of hydrogen-bond donors (Lipinski definition) is 1. The zero-order valence-electron chi connectivity index (χ0n) is 9.41. The molecule has 84 valence electrons. The van der Waals surface area contributed by atoms with E-state index < -0.39 is 0 Å². The summed E-state index contributed by atoms with van der Waals surface area (Å²) in [5.41, 5.74) is 1.93. The van der Waals surface area contributed by atoms with Gasteiger partial charge >= 0.3 is 0 Å². The number of imide groups is 1. The fourth-order valence-corrected chi connectivity index (χ4v) is 1.94. The van der Waals surface area contributed by atoms with Crippen LogP contribution >= 0.6 is 0 Å². The molecule has 1 heterocycles. The van der Waals surface area contributed by atoms with Gasteiger partial charge in [0, 0.05) is 18.8 Å². The van der Waals surface area contributed by atoms with Crippen LogP contribution in [-0.4, -0.2) is 24.9 Å². The third-order valence-corrected chi connectivity index (χ3v) is 2.85. The molecular weight excluding hydrogens is 204 g/mol. The number of anilines is 1. The topological polar surface area (TPSA) is 49.4 Å². The molecule has 0 atom stereocenters. The van der Waals surface area contributed by atoms with E-state index in [0.717, 1.165) is 18.8 Å². The Labute approximate surface area is 94.2 Å². The Morgan fingerprint density at radius 3 is 2.31 bits per heavy atom. The van der Waals surface area contributed by atoms with Crippen LogP contribution in [0.4, 0.5) is 5.69 Å². The maximum absolute atomic E-state index is 11.5. The van der Waals surface area contributed by atoms with Gasteiger partial charge in [-0.15, -0.1) is 0 Å². The van der Waals surface area contributed by atoms with Crippen LogP contribution in [0.1, 0.15) is 34.6 Å². The summed E-state index contributed by atoms with van der Waals surface area (Å²) < 4.78 is 0. The number of fused-ring (bicyclic) bond motifs is 1. The standard InChI is InChI=1S/C12H14N2O2/c1-3-14(4-2)8-5-6-9-10(7-8)12(16)13-11(9)15/h5-7H,3-4H2,1-2H3,(H,13,15,16). The molecule has 4 heteroatoms. The molecular formula is C12H14N2O2. The molecule has 0 saturated carbocycles. The van der Waals surface area contributed by atoms with E-state index in [1.165, 1.54) is 0 Å². The lowest BCUT2D eigenvalue weighted by atomic mass is 10.1. The zero-order valence-corrected chi connectivity index (χ0v) is 9.41. The predicted molar refractivity (Wildman–Crippen MR) is 61.8 cm³/mol. The summed E-state index contributed by atoms with van der Waals surface area (Å²) in [6, 6.07) is 5.37. The highest BCUT2D eigenvalue weighted by Crippen LogP contribution is 2.22. The largest absolute Gasteiger partial charge is 0.372 e. The van der Waals surface area contributed by atoms with Gasteiger partial charge in [0.05, 0.1) is 11.1 Å². The fourth-order valence-electron chi connectivity index (χ4n) is 1.94. The van der Waals surface area contributed by atoms with E-state index in [0.29, 0.717) is 11.1 Å². The SMILES string of the molecule is CCN(CC)c1ccc2c(c1)C(=O)NC2=O. The molecule has 0 radical (unpaired) electrons. The number of nitrogens with one attached hydrogen (secondary N) is 1. The second-order valence-electron chi connectivity index (χ2n) is 3.69. The molecule has 0 saturated heterocycles. The summed E-state index contributed by atoms with van der Waals surface area (Å²) in [5, 5.41) is 2.29. The fraction of sp³-hybridized carbons (Fsp3) is 0.333. The molecule has 1 aliphatic heterocycles. The molecule has 0 aromatic heterocycles. The van der Waals surface area contributed by atoms with Gasteiger partial charge < -0.3 is 4.90 Å². The Morgan fingerprint density at radius 1 is 1.06 bits per heavy atom. The predicted octanol–water partition coefficient (Wildman–Crippen LogP) is 1.42. The molecule has 0 spiro atoms. The van der Waals surface area contributed by atoms with Crippen LogP contribution in [0.5, 0.6) is 0 Å². The highest BCUT2D eigenvalue weighted by Gasteiger charge is 2.26. The molecule has 0 fully saturated rings. The van der Waals surface area contributed by atoms with E-state index in [-0.39, 0.29) is 11.8 Å². The molecule has 4 nitrogen and oxygen atoms in total. The van der Waals surface area contributed by atoms with Crippen LogP contribution < -0.4 is 10.2 Å². The van der Waals surface area contributed by atoms with Gasteiger partial charge in [-0.1, -0.05) is 0 Å². The zero-order chi connectivity index (χ0) is 11.7. The Bertz CT molecular complexity index is 450. The summed E-state index contributed by atoms with van der Waals surface area (Å²) >= 11 is 0. The van der Waals surface area contributed by atoms with E-state index in [4.69, 9.17) is 0 Å². The van der Waals surface area contributed by atoms with Gasteiger partial charge in [0.1, 0.15) is 0 Å². The monoisotopic (exact) mass is 218 g/mol. The first-order valence-electron chi connectivity index (χ1n) is 5.42. The van der Waals surface area contributed by atoms with Crippen LogP contribution in [0.15, 0.2) is 18.2 Å². The average Bonchev–Trinajstić information content (AvgIpc) is 2.57. The van der Waals surface area contributed by atoms with Gasteiger partial charge in [-0.05, 0) is 32.0 Å². The van der Waals surface area contributed by atoms with E-state index in [1.54, 1.807) is 12.1 Å². The minimum absolute atomic E-state index is 0.297. The van der Waals surface area contributed by atoms with Crippen molar-refractivity contribution < 1.29 is 9.59 Å². The lowest BCUT2D eigenvalue weighted by Crippen LogP contribution is -2.22. The number of amides is 2. The molecule has 1 aromatic rings. The van der Waals surface area contributed by atoms with E-state index >= 15 is 0 Å². The maximum atomic E-state index is 11.5. The van der Waals surface area contributed by atoms with Crippen molar-refractivity contribution >= 4 is 17.5 Å². The Morgan fingerprint density at radius 2 is 1.69 bits per heavy atom. The molecule has 0 unspecified atom stereocenters. The molecule has 1 aliphatic rings. The number of carbonyl (C=O) groups is 2. The lowest BCUT2D eigenvalue weighted by molar-refractivity contribution is 0.0879. The first kappa shape index (κ1) is 10.7. The lowest BCUT2D eigenvalue weighted by Gasteiger charge is -2.21. The summed E-state index contributed by atoms with van der Waals surface area (Å²) in [5.74, 6) is -0.597. The van der Waals surface area contributed by atoms with Crippen LogP contribution in [-0.2, 0) is 0 Å². The highest BCUT2D eigenvalue weighted by atomic mass is 16.2. The Kier molecular flexibility index (Phi) is 2.64. The molecule has 16 heavy (non-hydrogen) atoms. The third kappa shape index (κ3) is 1.56. The smallest absolute Gasteiger partial charge is 0.259 e. The second kappa shape index (κ2) is 3.96. The second-order valence-corrected chi connectivity index (χ2v) is 3.69. The highest BCUT2D eigenvalue weighted by molar-refractivity contribution is 6.21. The Balaban J connectivity index is 2.43. The van der Waals surface area contributed by atoms with E-state index in [1.807, 2.05) is 6.07 Å². The molecule has 1 N–H and O–H groups in total. The van der Waals surface area contributed by atoms with Crippen molar-refractivity contribution in [1.82, 2.24) is 5.32 Å². The van der Waals surface area contributed by atoms with Gasteiger partial charge in [-0.3, -0.25) is 14.9 Å². The minimum atomic E-state index is -0.300. The molecule has 0 bridgehead atoms. The normalized spacial score (nSPS) is 13.6. The van der Waals surface area contributed by atoms with Crippen LogP contribution in [0.3, 0.4) is 0 Å². The maximum Gasteiger partial charge on any atom is 0.259 e. The van der Waals surface area contributed by atoms with Crippen molar-refractivity contribution in [2.45, 2.75) is 13.8 Å². The first-order chi connectivity index (χ1) is 7.67. The van der Waals surface area contributed by atoms with Gasteiger partial charge in [0.2, 0.25) is 0 Å². The van der Waals surface area contributed by atoms with E-state index in [2.05, 4.69) is 24.1 Å².